The Kier molecular flexibility index (Phi) is 2.56. The maximum Gasteiger partial charge on any atom is 0.283 e. The highest BCUT2D eigenvalue weighted by Crippen LogP contribution is 2.35. The van der Waals surface area contributed by atoms with E-state index in [0.29, 0.717) is 0 Å². The molecule has 1 rings (SSSR count). The molecule has 1 aliphatic rings. The van der Waals surface area contributed by atoms with Crippen molar-refractivity contribution in [2.45, 2.75) is 12.8 Å². The van der Waals surface area contributed by atoms with Gasteiger partial charge in [0.15, 0.2) is 0 Å². The predicted molar refractivity (Wildman–Crippen MR) is 41.4 cm³/mol. The highest BCUT2D eigenvalue weighted by molar-refractivity contribution is 9.12. The molecule has 0 spiro atoms. The quantitative estimate of drug-likeness (QED) is 0.522. The first kappa shape index (κ1) is 9.31. The minimum atomic E-state index is -1.11. The van der Waals surface area contributed by atoms with Gasteiger partial charge in [-0.15, -0.1) is 0 Å². The SMILES string of the molecule is O=[N+]([O-])C1=C(F)C(Br)=C(F)CC1. The summed E-state index contributed by atoms with van der Waals surface area (Å²) in [6.07, 6.45) is -0.315. The topological polar surface area (TPSA) is 43.1 Å². The van der Waals surface area contributed by atoms with E-state index in [-0.39, 0.29) is 12.8 Å². The molecule has 0 bridgehead atoms. The standard InChI is InChI=1S/C6H4BrF2NO2/c7-5-3(8)1-2-4(6(5)9)10(11)12/h1-2H2. The van der Waals surface area contributed by atoms with Crippen molar-refractivity contribution in [3.63, 3.8) is 0 Å². The van der Waals surface area contributed by atoms with Crippen LogP contribution in [0.5, 0.6) is 0 Å². The number of halogens is 3. The first-order valence-corrected chi connectivity index (χ1v) is 3.91. The summed E-state index contributed by atoms with van der Waals surface area (Å²) < 4.78 is 25.0. The molecule has 0 aromatic carbocycles. The van der Waals surface area contributed by atoms with E-state index in [1.807, 2.05) is 0 Å². The minimum absolute atomic E-state index is 0.121. The van der Waals surface area contributed by atoms with Crippen LogP contribution in [0.25, 0.3) is 0 Å². The molecular formula is C6H4BrF2NO2. The highest BCUT2D eigenvalue weighted by atomic mass is 79.9. The molecule has 0 heterocycles. The fourth-order valence-electron chi connectivity index (χ4n) is 0.865. The Bertz CT molecular complexity index is 298. The van der Waals surface area contributed by atoms with Crippen LogP contribution in [0, 0.1) is 10.1 Å². The second-order valence-electron chi connectivity index (χ2n) is 2.24. The lowest BCUT2D eigenvalue weighted by Gasteiger charge is -2.07. The van der Waals surface area contributed by atoms with Gasteiger partial charge in [-0.05, 0) is 15.9 Å². The average molecular weight is 240 g/mol. The summed E-state index contributed by atoms with van der Waals surface area (Å²) in [7, 11) is 0. The van der Waals surface area contributed by atoms with Gasteiger partial charge in [0.1, 0.15) is 5.83 Å². The van der Waals surface area contributed by atoms with Gasteiger partial charge in [-0.1, -0.05) is 0 Å². The van der Waals surface area contributed by atoms with Crippen LogP contribution in [0.1, 0.15) is 12.8 Å². The Morgan fingerprint density at radius 3 is 2.50 bits per heavy atom. The van der Waals surface area contributed by atoms with Gasteiger partial charge in [-0.2, -0.15) is 4.39 Å². The number of nitro groups is 1. The fourth-order valence-corrected chi connectivity index (χ4v) is 1.29. The van der Waals surface area contributed by atoms with Crippen molar-refractivity contribution in [2.24, 2.45) is 0 Å². The average Bonchev–Trinajstić information content (AvgIpc) is 2.00. The molecule has 1 aliphatic carbocycles. The highest BCUT2D eigenvalue weighted by Gasteiger charge is 2.28. The summed E-state index contributed by atoms with van der Waals surface area (Å²) in [4.78, 5) is 9.33. The summed E-state index contributed by atoms with van der Waals surface area (Å²) in [5, 5.41) is 10.2. The molecule has 0 aliphatic heterocycles. The molecule has 0 atom stereocenters. The Labute approximate surface area is 75.0 Å². The van der Waals surface area contributed by atoms with E-state index in [4.69, 9.17) is 0 Å². The summed E-state index contributed by atoms with van der Waals surface area (Å²) in [5.74, 6) is -1.79. The molecule has 0 amide bonds. The van der Waals surface area contributed by atoms with Gasteiger partial charge in [-0.3, -0.25) is 10.1 Å². The van der Waals surface area contributed by atoms with Gasteiger partial charge < -0.3 is 0 Å². The minimum Gasteiger partial charge on any atom is -0.259 e. The van der Waals surface area contributed by atoms with Crippen LogP contribution in [0.4, 0.5) is 8.78 Å². The van der Waals surface area contributed by atoms with Crippen LogP contribution in [0.15, 0.2) is 21.8 Å². The molecule has 0 aromatic heterocycles. The van der Waals surface area contributed by atoms with Gasteiger partial charge in [0.2, 0.25) is 5.83 Å². The maximum atomic E-state index is 12.8. The first-order valence-electron chi connectivity index (χ1n) is 3.11. The molecule has 0 saturated carbocycles. The first-order chi connectivity index (χ1) is 5.54. The van der Waals surface area contributed by atoms with Crippen LogP contribution in [0.3, 0.4) is 0 Å². The lowest BCUT2D eigenvalue weighted by atomic mass is 10.1. The third-order valence-electron chi connectivity index (χ3n) is 1.49. The molecule has 0 unspecified atom stereocenters. The molecule has 12 heavy (non-hydrogen) atoms. The molecule has 0 fully saturated rings. The Hall–Kier alpha value is -0.780. The predicted octanol–water partition coefficient (Wildman–Crippen LogP) is 2.81. The molecule has 3 nitrogen and oxygen atoms in total. The summed E-state index contributed by atoms with van der Waals surface area (Å²) in [5.41, 5.74) is -0.566. The zero-order chi connectivity index (χ0) is 9.30. The summed E-state index contributed by atoms with van der Waals surface area (Å²) >= 11 is 2.60. The lowest BCUT2D eigenvalue weighted by Crippen LogP contribution is -2.06. The van der Waals surface area contributed by atoms with E-state index in [1.54, 1.807) is 0 Å². The Morgan fingerprint density at radius 1 is 1.42 bits per heavy atom. The van der Waals surface area contributed by atoms with E-state index in [2.05, 4.69) is 15.9 Å². The molecular weight excluding hydrogens is 236 g/mol. The Balaban J connectivity index is 3.11. The number of allylic oxidation sites excluding steroid dienone is 4. The number of nitrogens with zero attached hydrogens (tertiary/aromatic N) is 1. The van der Waals surface area contributed by atoms with Crippen LogP contribution >= 0.6 is 15.9 Å². The van der Waals surface area contributed by atoms with Crippen molar-refractivity contribution in [1.82, 2.24) is 0 Å². The van der Waals surface area contributed by atoms with E-state index in [9.17, 15) is 18.9 Å². The molecule has 6 heteroatoms. The third-order valence-corrected chi connectivity index (χ3v) is 2.26. The van der Waals surface area contributed by atoms with Crippen molar-refractivity contribution >= 4 is 15.9 Å². The second-order valence-corrected chi connectivity index (χ2v) is 3.03. The number of hydrogen-bond donors (Lipinski definition) is 0. The van der Waals surface area contributed by atoms with Gasteiger partial charge in [0, 0.05) is 12.8 Å². The second kappa shape index (κ2) is 3.30. The van der Waals surface area contributed by atoms with E-state index in [1.165, 1.54) is 0 Å². The van der Waals surface area contributed by atoms with Gasteiger partial charge in [0.25, 0.3) is 5.70 Å². The molecule has 0 N–H and O–H groups in total. The van der Waals surface area contributed by atoms with E-state index >= 15 is 0 Å². The van der Waals surface area contributed by atoms with E-state index < -0.39 is 26.8 Å². The zero-order valence-corrected chi connectivity index (χ0v) is 7.40. The van der Waals surface area contributed by atoms with Gasteiger partial charge in [0.05, 0.1) is 9.41 Å². The van der Waals surface area contributed by atoms with Crippen LogP contribution in [0.2, 0.25) is 0 Å². The van der Waals surface area contributed by atoms with Crippen molar-refractivity contribution in [3.8, 4) is 0 Å². The van der Waals surface area contributed by atoms with Crippen molar-refractivity contribution in [3.05, 3.63) is 31.9 Å². The number of rotatable bonds is 1. The smallest absolute Gasteiger partial charge is 0.259 e. The lowest BCUT2D eigenvalue weighted by molar-refractivity contribution is -0.430. The van der Waals surface area contributed by atoms with Crippen LogP contribution in [-0.2, 0) is 0 Å². The number of hydrogen-bond acceptors (Lipinski definition) is 2. The van der Waals surface area contributed by atoms with E-state index in [0.717, 1.165) is 0 Å². The van der Waals surface area contributed by atoms with Gasteiger partial charge >= 0.3 is 0 Å². The van der Waals surface area contributed by atoms with Crippen LogP contribution in [-0.4, -0.2) is 4.92 Å². The Morgan fingerprint density at radius 2 is 2.00 bits per heavy atom. The third kappa shape index (κ3) is 1.52. The zero-order valence-electron chi connectivity index (χ0n) is 5.81. The molecule has 0 saturated heterocycles. The summed E-state index contributed by atoms with van der Waals surface area (Å²) in [6, 6.07) is 0. The maximum absolute atomic E-state index is 12.8. The van der Waals surface area contributed by atoms with Gasteiger partial charge in [-0.25, -0.2) is 4.39 Å². The molecule has 0 aromatic rings. The van der Waals surface area contributed by atoms with Crippen molar-refractivity contribution in [1.29, 1.82) is 0 Å². The van der Waals surface area contributed by atoms with Crippen molar-refractivity contribution < 1.29 is 13.7 Å². The monoisotopic (exact) mass is 239 g/mol. The molecule has 0 radical (unpaired) electrons. The normalized spacial score (nSPS) is 18.6. The molecule has 66 valence electrons. The van der Waals surface area contributed by atoms with Crippen LogP contribution < -0.4 is 0 Å². The van der Waals surface area contributed by atoms with Crippen molar-refractivity contribution in [2.75, 3.05) is 0 Å². The largest absolute Gasteiger partial charge is 0.283 e. The summed E-state index contributed by atoms with van der Waals surface area (Å²) in [6.45, 7) is 0. The fraction of sp³-hybridized carbons (Fsp3) is 0.333.